The Kier molecular flexibility index (Phi) is 3.29. The number of aliphatic hydroxyl groups excluding tert-OH is 1. The smallest absolute Gasteiger partial charge is 0.274 e. The van der Waals surface area contributed by atoms with Crippen LogP contribution in [-0.2, 0) is 21.4 Å². The molecule has 0 amide bonds. The average Bonchev–Trinajstić information content (AvgIpc) is 2.85. The molecule has 2 N–H and O–H groups in total. The maximum Gasteiger partial charge on any atom is 0.274 e. The molecule has 16 heavy (non-hydrogen) atoms. The number of rotatable bonds is 4. The topological polar surface area (TPSA) is 88.8 Å². The molecule has 1 aliphatic rings. The molecule has 1 unspecified atom stereocenters. The molecular weight excluding hydrogens is 234 g/mol. The van der Waals surface area contributed by atoms with Crippen molar-refractivity contribution in [2.24, 2.45) is 0 Å². The number of ether oxygens (including phenoxy) is 1. The van der Waals surface area contributed by atoms with Crippen molar-refractivity contribution >= 4 is 10.0 Å². The Morgan fingerprint density at radius 1 is 1.50 bits per heavy atom. The highest BCUT2D eigenvalue weighted by Gasteiger charge is 2.25. The molecule has 0 aliphatic carbocycles. The van der Waals surface area contributed by atoms with Crippen molar-refractivity contribution in [1.29, 1.82) is 0 Å². The van der Waals surface area contributed by atoms with Gasteiger partial charge in [0.2, 0.25) is 5.09 Å². The van der Waals surface area contributed by atoms with Crippen molar-refractivity contribution < 1.29 is 22.7 Å². The molecule has 2 rings (SSSR count). The van der Waals surface area contributed by atoms with Crippen molar-refractivity contribution in [1.82, 2.24) is 4.72 Å². The molecule has 1 aliphatic heterocycles. The fourth-order valence-electron chi connectivity index (χ4n) is 1.49. The van der Waals surface area contributed by atoms with Crippen molar-refractivity contribution in [3.05, 3.63) is 17.9 Å². The first-order valence-electron chi connectivity index (χ1n) is 4.91. The molecule has 6 nitrogen and oxygen atoms in total. The normalized spacial score (nSPS) is 21.4. The Hall–Kier alpha value is -0.890. The Morgan fingerprint density at radius 3 is 2.88 bits per heavy atom. The molecule has 7 heteroatoms. The van der Waals surface area contributed by atoms with Crippen LogP contribution in [0.25, 0.3) is 0 Å². The van der Waals surface area contributed by atoms with E-state index in [-0.39, 0.29) is 23.5 Å². The molecular formula is C9H13NO5S. The Labute approximate surface area is 93.3 Å². The molecule has 2 heterocycles. The predicted octanol–water partition coefficient (Wildman–Crippen LogP) is -0.161. The van der Waals surface area contributed by atoms with Gasteiger partial charge in [-0.05, 0) is 18.6 Å². The van der Waals surface area contributed by atoms with Crippen LogP contribution < -0.4 is 4.72 Å². The first-order valence-corrected chi connectivity index (χ1v) is 6.40. The monoisotopic (exact) mass is 247 g/mol. The first-order chi connectivity index (χ1) is 7.62. The number of aliphatic hydroxyl groups is 1. The van der Waals surface area contributed by atoms with Gasteiger partial charge in [0.15, 0.2) is 0 Å². The third-order valence-electron chi connectivity index (χ3n) is 2.31. The predicted molar refractivity (Wildman–Crippen MR) is 54.2 cm³/mol. The van der Waals surface area contributed by atoms with E-state index in [1.165, 1.54) is 12.1 Å². The van der Waals surface area contributed by atoms with E-state index in [2.05, 4.69) is 4.72 Å². The van der Waals surface area contributed by atoms with Gasteiger partial charge in [-0.25, -0.2) is 13.1 Å². The molecule has 1 aromatic rings. The summed E-state index contributed by atoms with van der Waals surface area (Å²) in [6.07, 6.45) is 0.660. The van der Waals surface area contributed by atoms with Crippen LogP contribution >= 0.6 is 0 Å². The van der Waals surface area contributed by atoms with Gasteiger partial charge in [0.25, 0.3) is 10.0 Å². The van der Waals surface area contributed by atoms with Gasteiger partial charge >= 0.3 is 0 Å². The van der Waals surface area contributed by atoms with Gasteiger partial charge in [0.05, 0.1) is 6.61 Å². The molecule has 90 valence electrons. The molecule has 1 atom stereocenters. The standard InChI is InChI=1S/C9H13NO5S/c11-5-8-1-2-9(15-8)16(12,13)10-7-3-4-14-6-7/h1-2,7,10-11H,3-6H2. The van der Waals surface area contributed by atoms with Crippen LogP contribution in [0.3, 0.4) is 0 Å². The van der Waals surface area contributed by atoms with Gasteiger partial charge in [-0.15, -0.1) is 0 Å². The molecule has 0 radical (unpaired) electrons. The lowest BCUT2D eigenvalue weighted by molar-refractivity contribution is 0.192. The van der Waals surface area contributed by atoms with Crippen molar-refractivity contribution in [3.8, 4) is 0 Å². The lowest BCUT2D eigenvalue weighted by Crippen LogP contribution is -2.34. The second kappa shape index (κ2) is 4.54. The highest BCUT2D eigenvalue weighted by Crippen LogP contribution is 2.15. The van der Waals surface area contributed by atoms with Crippen molar-refractivity contribution in [2.45, 2.75) is 24.2 Å². The molecule has 0 saturated carbocycles. The maximum absolute atomic E-state index is 11.8. The van der Waals surface area contributed by atoms with Gasteiger partial charge in [-0.3, -0.25) is 0 Å². The summed E-state index contributed by atoms with van der Waals surface area (Å²) in [4.78, 5) is 0. The first kappa shape index (κ1) is 11.6. The van der Waals surface area contributed by atoms with Crippen LogP contribution in [0.5, 0.6) is 0 Å². The summed E-state index contributed by atoms with van der Waals surface area (Å²) in [5.74, 6) is 0.225. The van der Waals surface area contributed by atoms with Crippen LogP contribution in [0.15, 0.2) is 21.6 Å². The number of nitrogens with one attached hydrogen (secondary N) is 1. The van der Waals surface area contributed by atoms with E-state index in [1.807, 2.05) is 0 Å². The number of sulfonamides is 1. The van der Waals surface area contributed by atoms with Gasteiger partial charge in [-0.2, -0.15) is 0 Å². The van der Waals surface area contributed by atoms with Gasteiger partial charge in [-0.1, -0.05) is 0 Å². The zero-order valence-corrected chi connectivity index (χ0v) is 9.37. The van der Waals surface area contributed by atoms with E-state index < -0.39 is 10.0 Å². The van der Waals surface area contributed by atoms with E-state index >= 15 is 0 Å². The van der Waals surface area contributed by atoms with Crippen molar-refractivity contribution in [3.63, 3.8) is 0 Å². The van der Waals surface area contributed by atoms with Crippen LogP contribution in [0.1, 0.15) is 12.2 Å². The summed E-state index contributed by atoms with van der Waals surface area (Å²) in [6.45, 7) is 0.627. The summed E-state index contributed by atoms with van der Waals surface area (Å²) in [6, 6.07) is 2.55. The fourth-order valence-corrected chi connectivity index (χ4v) is 2.70. The van der Waals surface area contributed by atoms with E-state index in [0.29, 0.717) is 19.6 Å². The number of furan rings is 1. The lowest BCUT2D eigenvalue weighted by Gasteiger charge is -2.08. The summed E-state index contributed by atoms with van der Waals surface area (Å²) >= 11 is 0. The zero-order chi connectivity index (χ0) is 11.6. The molecule has 0 spiro atoms. The van der Waals surface area contributed by atoms with E-state index in [4.69, 9.17) is 14.3 Å². The van der Waals surface area contributed by atoms with E-state index in [1.54, 1.807) is 0 Å². The van der Waals surface area contributed by atoms with Gasteiger partial charge < -0.3 is 14.3 Å². The molecule has 1 fully saturated rings. The van der Waals surface area contributed by atoms with Crippen molar-refractivity contribution in [2.75, 3.05) is 13.2 Å². The zero-order valence-electron chi connectivity index (χ0n) is 8.55. The van der Waals surface area contributed by atoms with Crippen LogP contribution in [0, 0.1) is 0 Å². The highest BCUT2D eigenvalue weighted by atomic mass is 32.2. The summed E-state index contributed by atoms with van der Waals surface area (Å²) in [5.41, 5.74) is 0. The minimum absolute atomic E-state index is 0.177. The Bertz CT molecular complexity index is 446. The lowest BCUT2D eigenvalue weighted by atomic mass is 10.3. The van der Waals surface area contributed by atoms with Crippen LogP contribution in [-0.4, -0.2) is 32.8 Å². The molecule has 1 aromatic heterocycles. The number of hydrogen-bond acceptors (Lipinski definition) is 5. The largest absolute Gasteiger partial charge is 0.446 e. The minimum atomic E-state index is -3.64. The maximum atomic E-state index is 11.8. The summed E-state index contributed by atoms with van der Waals surface area (Å²) < 4.78 is 36.1. The van der Waals surface area contributed by atoms with Gasteiger partial charge in [0, 0.05) is 12.6 Å². The minimum Gasteiger partial charge on any atom is -0.446 e. The van der Waals surface area contributed by atoms with E-state index in [0.717, 1.165) is 0 Å². The second-order valence-corrected chi connectivity index (χ2v) is 5.21. The molecule has 0 bridgehead atoms. The number of hydrogen-bond donors (Lipinski definition) is 2. The molecule has 0 aromatic carbocycles. The van der Waals surface area contributed by atoms with Crippen LogP contribution in [0.4, 0.5) is 0 Å². The average molecular weight is 247 g/mol. The van der Waals surface area contributed by atoms with Crippen LogP contribution in [0.2, 0.25) is 0 Å². The Balaban J connectivity index is 2.11. The Morgan fingerprint density at radius 2 is 2.31 bits per heavy atom. The molecule has 1 saturated heterocycles. The van der Waals surface area contributed by atoms with E-state index in [9.17, 15) is 8.42 Å². The van der Waals surface area contributed by atoms with Gasteiger partial charge in [0.1, 0.15) is 12.4 Å². The highest BCUT2D eigenvalue weighted by molar-refractivity contribution is 7.89. The fraction of sp³-hybridized carbons (Fsp3) is 0.556. The summed E-state index contributed by atoms with van der Waals surface area (Å²) in [7, 11) is -3.64. The summed E-state index contributed by atoms with van der Waals surface area (Å²) in [5, 5.41) is 8.59. The third kappa shape index (κ3) is 2.43. The quantitative estimate of drug-likeness (QED) is 0.771. The third-order valence-corrected chi connectivity index (χ3v) is 3.70. The second-order valence-electron chi connectivity index (χ2n) is 3.56. The SMILES string of the molecule is O=S(=O)(NC1CCOC1)c1ccc(CO)o1.